The van der Waals surface area contributed by atoms with Crippen molar-refractivity contribution in [3.63, 3.8) is 0 Å². The molecule has 3 rings (SSSR count). The minimum Gasteiger partial charge on any atom is -0.497 e. The number of ether oxygens (including phenoxy) is 3. The van der Waals surface area contributed by atoms with E-state index in [0.29, 0.717) is 41.6 Å². The first-order valence-electron chi connectivity index (χ1n) is 8.18. The highest BCUT2D eigenvalue weighted by atomic mass is 16.7. The Kier molecular flexibility index (Phi) is 5.26. The summed E-state index contributed by atoms with van der Waals surface area (Å²) in [5.74, 6) is 1.53. The molecule has 1 aliphatic rings. The van der Waals surface area contributed by atoms with Crippen LogP contribution in [0.1, 0.15) is 17.3 Å². The lowest BCUT2D eigenvalue weighted by Crippen LogP contribution is -2.37. The summed E-state index contributed by atoms with van der Waals surface area (Å²) in [6, 6.07) is 12.2. The van der Waals surface area contributed by atoms with Crippen molar-refractivity contribution in [1.29, 1.82) is 0 Å². The van der Waals surface area contributed by atoms with Gasteiger partial charge in [0.15, 0.2) is 11.5 Å². The smallest absolute Gasteiger partial charge is 0.251 e. The summed E-state index contributed by atoms with van der Waals surface area (Å²) in [7, 11) is 1.55. The third kappa shape index (κ3) is 3.88. The van der Waals surface area contributed by atoms with Gasteiger partial charge in [-0.3, -0.25) is 9.59 Å². The van der Waals surface area contributed by atoms with Gasteiger partial charge in [-0.15, -0.1) is 0 Å². The molecule has 0 spiro atoms. The molecule has 2 amide bonds. The fourth-order valence-corrected chi connectivity index (χ4v) is 2.67. The van der Waals surface area contributed by atoms with Gasteiger partial charge >= 0.3 is 0 Å². The molecule has 1 aliphatic heterocycles. The zero-order valence-corrected chi connectivity index (χ0v) is 14.7. The van der Waals surface area contributed by atoms with Crippen LogP contribution in [-0.2, 0) is 4.79 Å². The Morgan fingerprint density at radius 3 is 2.73 bits per heavy atom. The van der Waals surface area contributed by atoms with Gasteiger partial charge in [-0.1, -0.05) is 6.07 Å². The molecule has 0 radical (unpaired) electrons. The van der Waals surface area contributed by atoms with Crippen molar-refractivity contribution in [1.82, 2.24) is 5.32 Å². The predicted molar refractivity (Wildman–Crippen MR) is 95.9 cm³/mol. The van der Waals surface area contributed by atoms with Crippen molar-refractivity contribution in [2.45, 2.75) is 6.92 Å². The number of carbonyl (C=O) groups is 2. The minimum atomic E-state index is -0.224. The number of amides is 2. The number of nitrogens with one attached hydrogen (secondary N) is 1. The highest BCUT2D eigenvalue weighted by molar-refractivity contribution is 5.95. The normalized spacial score (nSPS) is 11.8. The summed E-state index contributed by atoms with van der Waals surface area (Å²) in [5.41, 5.74) is 1.19. The molecule has 0 unspecified atom stereocenters. The number of benzene rings is 2. The van der Waals surface area contributed by atoms with Gasteiger partial charge < -0.3 is 24.4 Å². The Hall–Kier alpha value is -3.22. The lowest BCUT2D eigenvalue weighted by atomic mass is 10.2. The van der Waals surface area contributed by atoms with Crippen molar-refractivity contribution < 1.29 is 23.8 Å². The zero-order chi connectivity index (χ0) is 18.5. The third-order valence-corrected chi connectivity index (χ3v) is 4.00. The summed E-state index contributed by atoms with van der Waals surface area (Å²) in [4.78, 5) is 25.8. The predicted octanol–water partition coefficient (Wildman–Crippen LogP) is 2.21. The summed E-state index contributed by atoms with van der Waals surface area (Å²) in [6.45, 7) is 2.30. The van der Waals surface area contributed by atoms with E-state index in [1.165, 1.54) is 6.92 Å². The third-order valence-electron chi connectivity index (χ3n) is 4.00. The molecule has 2 aromatic rings. The van der Waals surface area contributed by atoms with Gasteiger partial charge in [0.2, 0.25) is 12.7 Å². The van der Waals surface area contributed by atoms with Gasteiger partial charge in [-0.05, 0) is 30.3 Å². The largest absolute Gasteiger partial charge is 0.497 e. The van der Waals surface area contributed by atoms with Crippen LogP contribution < -0.4 is 24.4 Å². The molecule has 0 aliphatic carbocycles. The fourth-order valence-electron chi connectivity index (χ4n) is 2.67. The first-order valence-corrected chi connectivity index (χ1v) is 8.18. The van der Waals surface area contributed by atoms with Crippen LogP contribution in [0.3, 0.4) is 0 Å². The topological polar surface area (TPSA) is 77.1 Å². The first kappa shape index (κ1) is 17.6. The minimum absolute atomic E-state index is 0.125. The Bertz CT molecular complexity index is 821. The van der Waals surface area contributed by atoms with Gasteiger partial charge in [-0.2, -0.15) is 0 Å². The SMILES string of the molecule is COc1cccc(C(=O)NCCN(C(C)=O)c2ccc3c(c2)OCO3)c1. The molecule has 0 saturated heterocycles. The molecule has 7 heteroatoms. The van der Waals surface area contributed by atoms with E-state index in [4.69, 9.17) is 14.2 Å². The summed E-state index contributed by atoms with van der Waals surface area (Å²) >= 11 is 0. The van der Waals surface area contributed by atoms with E-state index in [1.54, 1.807) is 54.5 Å². The maximum atomic E-state index is 12.2. The van der Waals surface area contributed by atoms with Gasteiger partial charge in [0.25, 0.3) is 5.91 Å². The quantitative estimate of drug-likeness (QED) is 0.859. The van der Waals surface area contributed by atoms with Crippen LogP contribution in [0.5, 0.6) is 17.2 Å². The van der Waals surface area contributed by atoms with Gasteiger partial charge in [0.1, 0.15) is 5.75 Å². The zero-order valence-electron chi connectivity index (χ0n) is 14.7. The monoisotopic (exact) mass is 356 g/mol. The van der Waals surface area contributed by atoms with Crippen LogP contribution >= 0.6 is 0 Å². The molecule has 26 heavy (non-hydrogen) atoms. The van der Waals surface area contributed by atoms with E-state index in [1.807, 2.05) is 0 Å². The van der Waals surface area contributed by atoms with E-state index >= 15 is 0 Å². The standard InChI is InChI=1S/C19H20N2O5/c1-13(22)21(15-6-7-17-18(11-15)26-12-25-17)9-8-20-19(23)14-4-3-5-16(10-14)24-2/h3-7,10-11H,8-9,12H2,1-2H3,(H,20,23). The number of fused-ring (bicyclic) bond motifs is 1. The molecule has 2 aromatic carbocycles. The molecular formula is C19H20N2O5. The maximum Gasteiger partial charge on any atom is 0.251 e. The van der Waals surface area contributed by atoms with Crippen LogP contribution in [0.4, 0.5) is 5.69 Å². The molecule has 0 fully saturated rings. The summed E-state index contributed by atoms with van der Waals surface area (Å²) in [6.07, 6.45) is 0. The first-order chi connectivity index (χ1) is 12.6. The molecule has 7 nitrogen and oxygen atoms in total. The lowest BCUT2D eigenvalue weighted by molar-refractivity contribution is -0.116. The van der Waals surface area contributed by atoms with Gasteiger partial charge in [-0.25, -0.2) is 0 Å². The van der Waals surface area contributed by atoms with Crippen molar-refractivity contribution in [2.24, 2.45) is 0 Å². The number of nitrogens with zero attached hydrogens (tertiary/aromatic N) is 1. The summed E-state index contributed by atoms with van der Waals surface area (Å²) in [5, 5.41) is 2.81. The second-order valence-corrected chi connectivity index (χ2v) is 5.70. The van der Waals surface area contributed by atoms with Gasteiger partial charge in [0.05, 0.1) is 7.11 Å². The average molecular weight is 356 g/mol. The number of carbonyl (C=O) groups excluding carboxylic acids is 2. The van der Waals surface area contributed by atoms with E-state index in [0.717, 1.165) is 0 Å². The number of rotatable bonds is 6. The van der Waals surface area contributed by atoms with Crippen molar-refractivity contribution in [3.8, 4) is 17.2 Å². The Morgan fingerprint density at radius 2 is 1.96 bits per heavy atom. The second kappa shape index (κ2) is 7.77. The number of anilines is 1. The molecule has 0 bridgehead atoms. The second-order valence-electron chi connectivity index (χ2n) is 5.70. The fraction of sp³-hybridized carbons (Fsp3) is 0.263. The molecular weight excluding hydrogens is 336 g/mol. The molecule has 136 valence electrons. The van der Waals surface area contributed by atoms with Crippen LogP contribution in [-0.4, -0.2) is 38.8 Å². The Balaban J connectivity index is 1.62. The molecule has 1 heterocycles. The van der Waals surface area contributed by atoms with E-state index < -0.39 is 0 Å². The Morgan fingerprint density at radius 1 is 1.15 bits per heavy atom. The molecule has 0 saturated carbocycles. The van der Waals surface area contributed by atoms with Crippen molar-refractivity contribution >= 4 is 17.5 Å². The van der Waals surface area contributed by atoms with E-state index in [-0.39, 0.29) is 18.6 Å². The molecule has 0 atom stereocenters. The molecule has 0 aromatic heterocycles. The number of hydrogen-bond acceptors (Lipinski definition) is 5. The summed E-state index contributed by atoms with van der Waals surface area (Å²) < 4.78 is 15.7. The number of hydrogen-bond donors (Lipinski definition) is 1. The van der Waals surface area contributed by atoms with E-state index in [9.17, 15) is 9.59 Å². The van der Waals surface area contributed by atoms with Crippen LogP contribution in [0.25, 0.3) is 0 Å². The molecule has 1 N–H and O–H groups in total. The van der Waals surface area contributed by atoms with E-state index in [2.05, 4.69) is 5.32 Å². The average Bonchev–Trinajstić information content (AvgIpc) is 3.12. The van der Waals surface area contributed by atoms with Crippen molar-refractivity contribution in [3.05, 3.63) is 48.0 Å². The van der Waals surface area contributed by atoms with Crippen molar-refractivity contribution in [2.75, 3.05) is 31.9 Å². The Labute approximate surface area is 151 Å². The van der Waals surface area contributed by atoms with Crippen LogP contribution in [0, 0.1) is 0 Å². The van der Waals surface area contributed by atoms with Crippen LogP contribution in [0.15, 0.2) is 42.5 Å². The number of methoxy groups -OCH3 is 1. The lowest BCUT2D eigenvalue weighted by Gasteiger charge is -2.21. The highest BCUT2D eigenvalue weighted by Crippen LogP contribution is 2.35. The van der Waals surface area contributed by atoms with Crippen LogP contribution in [0.2, 0.25) is 0 Å². The van der Waals surface area contributed by atoms with Gasteiger partial charge in [0, 0.05) is 37.3 Å². The maximum absolute atomic E-state index is 12.2. The highest BCUT2D eigenvalue weighted by Gasteiger charge is 2.18.